The van der Waals surface area contributed by atoms with Crippen molar-refractivity contribution in [3.05, 3.63) is 103 Å². The summed E-state index contributed by atoms with van der Waals surface area (Å²) in [5, 5.41) is 12.2. The molecule has 12 heteroatoms. The van der Waals surface area contributed by atoms with Gasteiger partial charge >= 0.3 is 0 Å². The van der Waals surface area contributed by atoms with Crippen LogP contribution in [0.25, 0.3) is 17.1 Å². The van der Waals surface area contributed by atoms with Crippen molar-refractivity contribution in [2.24, 2.45) is 0 Å². The van der Waals surface area contributed by atoms with E-state index in [1.807, 2.05) is 35.8 Å². The molecule has 0 aliphatic rings. The van der Waals surface area contributed by atoms with Crippen LogP contribution in [0.3, 0.4) is 0 Å². The first-order valence-electron chi connectivity index (χ1n) is 13.1. The van der Waals surface area contributed by atoms with E-state index in [9.17, 15) is 13.2 Å². The smallest absolute Gasteiger partial charge is 0.261 e. The first-order chi connectivity index (χ1) is 20.8. The predicted molar refractivity (Wildman–Crippen MR) is 168 cm³/mol. The molecular formula is C31H29N5O5S2. The Labute approximate surface area is 254 Å². The van der Waals surface area contributed by atoms with Gasteiger partial charge in [-0.3, -0.25) is 14.1 Å². The zero-order valence-electron chi connectivity index (χ0n) is 23.6. The standard InChI is InChI=1S/C31H29N5O5S2/c1-21-4-18-28(19-5-21)43(38,39)35-24-8-6-22(7-9-24)30-33-34-31(36(30)25-12-16-27(41-3)17-13-25)42-20-29(37)32-23-10-14-26(40-2)15-11-23/h4-19,35H,20H2,1-3H3,(H,32,37). The number of rotatable bonds is 11. The minimum absolute atomic E-state index is 0.0973. The fourth-order valence-corrected chi connectivity index (χ4v) is 5.95. The van der Waals surface area contributed by atoms with Crippen LogP contribution in [-0.4, -0.2) is 49.1 Å². The summed E-state index contributed by atoms with van der Waals surface area (Å²) in [4.78, 5) is 12.9. The molecule has 0 aliphatic heterocycles. The second-order valence-corrected chi connectivity index (χ2v) is 12.0. The summed E-state index contributed by atoms with van der Waals surface area (Å²) < 4.78 is 40.6. The predicted octanol–water partition coefficient (Wildman–Crippen LogP) is 5.79. The van der Waals surface area contributed by atoms with Gasteiger partial charge in [-0.15, -0.1) is 10.2 Å². The zero-order valence-corrected chi connectivity index (χ0v) is 25.3. The molecule has 4 aromatic carbocycles. The number of sulfonamides is 1. The van der Waals surface area contributed by atoms with E-state index < -0.39 is 10.0 Å². The molecule has 0 bridgehead atoms. The van der Waals surface area contributed by atoms with Crippen molar-refractivity contribution in [2.45, 2.75) is 17.0 Å². The summed E-state index contributed by atoms with van der Waals surface area (Å²) in [6.45, 7) is 1.90. The van der Waals surface area contributed by atoms with E-state index in [4.69, 9.17) is 9.47 Å². The molecule has 0 unspecified atom stereocenters. The number of benzene rings is 4. The summed E-state index contributed by atoms with van der Waals surface area (Å²) in [6, 6.07) is 28.0. The Morgan fingerprint density at radius 3 is 1.98 bits per heavy atom. The number of carbonyl (C=O) groups excluding carboxylic acids is 1. The van der Waals surface area contributed by atoms with E-state index in [-0.39, 0.29) is 16.6 Å². The number of aryl methyl sites for hydroxylation is 1. The molecule has 5 aromatic rings. The molecule has 43 heavy (non-hydrogen) atoms. The molecule has 0 fully saturated rings. The molecule has 220 valence electrons. The van der Waals surface area contributed by atoms with Gasteiger partial charge in [-0.05, 0) is 91.9 Å². The average molecular weight is 616 g/mol. The number of nitrogens with one attached hydrogen (secondary N) is 2. The van der Waals surface area contributed by atoms with Gasteiger partial charge in [0.1, 0.15) is 11.5 Å². The normalized spacial score (nSPS) is 11.1. The van der Waals surface area contributed by atoms with Crippen molar-refractivity contribution < 1.29 is 22.7 Å². The molecule has 5 rings (SSSR count). The van der Waals surface area contributed by atoms with Crippen LogP contribution < -0.4 is 19.5 Å². The largest absolute Gasteiger partial charge is 0.497 e. The van der Waals surface area contributed by atoms with Crippen molar-refractivity contribution >= 4 is 39.1 Å². The molecule has 0 aliphatic carbocycles. The quantitative estimate of drug-likeness (QED) is 0.179. The lowest BCUT2D eigenvalue weighted by Crippen LogP contribution is -2.14. The number of ether oxygens (including phenoxy) is 2. The van der Waals surface area contributed by atoms with Gasteiger partial charge in [-0.25, -0.2) is 8.42 Å². The highest BCUT2D eigenvalue weighted by Gasteiger charge is 2.19. The second-order valence-electron chi connectivity index (χ2n) is 9.40. The van der Waals surface area contributed by atoms with Crippen molar-refractivity contribution in [3.63, 3.8) is 0 Å². The number of thioether (sulfide) groups is 1. The lowest BCUT2D eigenvalue weighted by molar-refractivity contribution is -0.113. The molecule has 0 saturated carbocycles. The van der Waals surface area contributed by atoms with Gasteiger partial charge in [0, 0.05) is 22.6 Å². The monoisotopic (exact) mass is 615 g/mol. The highest BCUT2D eigenvalue weighted by Crippen LogP contribution is 2.30. The van der Waals surface area contributed by atoms with Crippen LogP contribution in [-0.2, 0) is 14.8 Å². The molecule has 0 radical (unpaired) electrons. The lowest BCUT2D eigenvalue weighted by Gasteiger charge is -2.12. The number of hydrogen-bond donors (Lipinski definition) is 2. The minimum atomic E-state index is -3.75. The van der Waals surface area contributed by atoms with E-state index >= 15 is 0 Å². The number of carbonyl (C=O) groups is 1. The van der Waals surface area contributed by atoms with E-state index in [1.54, 1.807) is 87.0 Å². The summed E-state index contributed by atoms with van der Waals surface area (Å²) in [5.74, 6) is 1.81. The Kier molecular flexibility index (Phi) is 8.98. The van der Waals surface area contributed by atoms with Crippen molar-refractivity contribution in [1.82, 2.24) is 14.8 Å². The van der Waals surface area contributed by atoms with E-state index in [0.29, 0.717) is 39.4 Å². The Bertz CT molecular complexity index is 1810. The lowest BCUT2D eigenvalue weighted by atomic mass is 10.2. The van der Waals surface area contributed by atoms with Crippen molar-refractivity contribution in [2.75, 3.05) is 30.0 Å². The number of nitrogens with zero attached hydrogens (tertiary/aromatic N) is 3. The molecule has 1 amide bonds. The topological polar surface area (TPSA) is 124 Å². The number of aromatic nitrogens is 3. The van der Waals surface area contributed by atoms with Crippen LogP contribution in [0.4, 0.5) is 11.4 Å². The maximum absolute atomic E-state index is 12.8. The van der Waals surface area contributed by atoms with Gasteiger partial charge in [0.25, 0.3) is 10.0 Å². The van der Waals surface area contributed by atoms with Crippen LogP contribution in [0, 0.1) is 6.92 Å². The Balaban J connectivity index is 1.37. The van der Waals surface area contributed by atoms with Crippen LogP contribution in [0.15, 0.2) is 107 Å². The third kappa shape index (κ3) is 7.16. The minimum Gasteiger partial charge on any atom is -0.497 e. The van der Waals surface area contributed by atoms with Crippen LogP contribution >= 0.6 is 11.8 Å². The molecular weight excluding hydrogens is 587 g/mol. The van der Waals surface area contributed by atoms with Gasteiger partial charge in [-0.1, -0.05) is 29.5 Å². The summed E-state index contributed by atoms with van der Waals surface area (Å²) in [7, 11) is -0.569. The summed E-state index contributed by atoms with van der Waals surface area (Å²) in [5.41, 5.74) is 3.50. The summed E-state index contributed by atoms with van der Waals surface area (Å²) in [6.07, 6.45) is 0. The highest BCUT2D eigenvalue weighted by atomic mass is 32.2. The van der Waals surface area contributed by atoms with Gasteiger partial charge in [-0.2, -0.15) is 0 Å². The molecule has 1 heterocycles. The molecule has 0 atom stereocenters. The van der Waals surface area contributed by atoms with Gasteiger partial charge in [0.2, 0.25) is 5.91 Å². The van der Waals surface area contributed by atoms with Gasteiger partial charge in [0.05, 0.1) is 24.9 Å². The first-order valence-corrected chi connectivity index (χ1v) is 15.6. The third-order valence-corrected chi connectivity index (χ3v) is 8.72. The van der Waals surface area contributed by atoms with E-state index in [0.717, 1.165) is 11.3 Å². The van der Waals surface area contributed by atoms with Crippen LogP contribution in [0.5, 0.6) is 11.5 Å². The number of anilines is 2. The molecule has 10 nitrogen and oxygen atoms in total. The molecule has 2 N–H and O–H groups in total. The van der Waals surface area contributed by atoms with E-state index in [2.05, 4.69) is 20.2 Å². The van der Waals surface area contributed by atoms with Crippen LogP contribution in [0.2, 0.25) is 0 Å². The van der Waals surface area contributed by atoms with Gasteiger partial charge < -0.3 is 14.8 Å². The fraction of sp³-hybridized carbons (Fsp3) is 0.129. The maximum atomic E-state index is 12.8. The zero-order chi connectivity index (χ0) is 30.4. The van der Waals surface area contributed by atoms with E-state index in [1.165, 1.54) is 11.8 Å². The van der Waals surface area contributed by atoms with Crippen molar-refractivity contribution in [3.8, 4) is 28.6 Å². The third-order valence-electron chi connectivity index (χ3n) is 6.40. The van der Waals surface area contributed by atoms with Crippen molar-refractivity contribution in [1.29, 1.82) is 0 Å². The second kappa shape index (κ2) is 13.0. The molecule has 0 saturated heterocycles. The molecule has 0 spiro atoms. The fourth-order valence-electron chi connectivity index (χ4n) is 4.13. The number of methoxy groups -OCH3 is 2. The number of hydrogen-bond acceptors (Lipinski definition) is 8. The highest BCUT2D eigenvalue weighted by molar-refractivity contribution is 7.99. The van der Waals surface area contributed by atoms with Gasteiger partial charge in [0.15, 0.2) is 11.0 Å². The number of amides is 1. The maximum Gasteiger partial charge on any atom is 0.261 e. The molecule has 1 aromatic heterocycles. The van der Waals surface area contributed by atoms with Crippen LogP contribution in [0.1, 0.15) is 5.56 Å². The Hall–Kier alpha value is -4.81. The SMILES string of the molecule is COc1ccc(NC(=O)CSc2nnc(-c3ccc(NS(=O)(=O)c4ccc(C)cc4)cc3)n2-c2ccc(OC)cc2)cc1. The Morgan fingerprint density at radius 2 is 1.37 bits per heavy atom. The summed E-state index contributed by atoms with van der Waals surface area (Å²) >= 11 is 1.24. The average Bonchev–Trinajstić information content (AvgIpc) is 3.45. The first kappa shape index (κ1) is 29.7. The Morgan fingerprint density at radius 1 is 0.791 bits per heavy atom.